The molecule has 0 atom stereocenters. The molecule has 1 aliphatic rings. The van der Waals surface area contributed by atoms with E-state index in [4.69, 9.17) is 0 Å². The fourth-order valence-corrected chi connectivity index (χ4v) is 1.000. The van der Waals surface area contributed by atoms with Crippen LogP contribution in [-0.2, 0) is 9.63 Å². The molecule has 0 N–H and O–H groups in total. The summed E-state index contributed by atoms with van der Waals surface area (Å²) < 4.78 is 0. The van der Waals surface area contributed by atoms with Crippen LogP contribution in [0.2, 0.25) is 0 Å². The van der Waals surface area contributed by atoms with Crippen LogP contribution in [0.5, 0.6) is 0 Å². The molecule has 0 aliphatic carbocycles. The zero-order valence-electron chi connectivity index (χ0n) is 7.89. The summed E-state index contributed by atoms with van der Waals surface area (Å²) in [6.07, 6.45) is 2.30. The van der Waals surface area contributed by atoms with Crippen LogP contribution in [-0.4, -0.2) is 11.7 Å². The summed E-state index contributed by atoms with van der Waals surface area (Å²) in [5, 5.41) is 3.69. The Morgan fingerprint density at radius 2 is 2.17 bits per heavy atom. The lowest BCUT2D eigenvalue weighted by Gasteiger charge is -2.16. The molecule has 0 bridgehead atoms. The predicted molar refractivity (Wildman–Crippen MR) is 46.8 cm³/mol. The fraction of sp³-hybridized carbons (Fsp3) is 0.778. The van der Waals surface area contributed by atoms with E-state index in [1.54, 1.807) is 0 Å². The molecule has 0 saturated carbocycles. The largest absolute Gasteiger partial charge is 0.340 e. The number of hydrogen-bond donors (Lipinski definition) is 0. The van der Waals surface area contributed by atoms with Crippen molar-refractivity contribution in [3.63, 3.8) is 0 Å². The van der Waals surface area contributed by atoms with Gasteiger partial charge in [-0.2, -0.15) is 0 Å². The van der Waals surface area contributed by atoms with Gasteiger partial charge in [-0.1, -0.05) is 25.9 Å². The highest BCUT2D eigenvalue weighted by atomic mass is 16.7. The molecular weight excluding hydrogens is 154 g/mol. The number of nitrogens with zero attached hydrogens (tertiary/aromatic N) is 1. The highest BCUT2D eigenvalue weighted by Gasteiger charge is 2.19. The Bertz CT molecular complexity index is 213. The number of rotatable bonds is 2. The topological polar surface area (TPSA) is 38.7 Å². The van der Waals surface area contributed by atoms with Gasteiger partial charge in [0.15, 0.2) is 0 Å². The van der Waals surface area contributed by atoms with Crippen LogP contribution in [0.25, 0.3) is 0 Å². The van der Waals surface area contributed by atoms with Crippen molar-refractivity contribution in [3.8, 4) is 0 Å². The molecule has 0 radical (unpaired) electrons. The third-order valence-electron chi connectivity index (χ3n) is 1.79. The average molecular weight is 169 g/mol. The SMILES string of the molecule is CC(C)(C)CCC1=NOC(=O)C1. The maximum atomic E-state index is 10.6. The zero-order valence-corrected chi connectivity index (χ0v) is 7.89. The Labute approximate surface area is 72.8 Å². The first-order valence-corrected chi connectivity index (χ1v) is 4.23. The Morgan fingerprint density at radius 1 is 1.50 bits per heavy atom. The molecule has 0 spiro atoms. The maximum Gasteiger partial charge on any atom is 0.340 e. The molecular formula is C9H15NO2. The molecule has 0 amide bonds. The summed E-state index contributed by atoms with van der Waals surface area (Å²) in [5.74, 6) is -0.223. The molecule has 3 nitrogen and oxygen atoms in total. The minimum atomic E-state index is -0.223. The van der Waals surface area contributed by atoms with Gasteiger partial charge < -0.3 is 4.84 Å². The second kappa shape index (κ2) is 3.25. The lowest BCUT2D eigenvalue weighted by atomic mass is 9.89. The summed E-state index contributed by atoms with van der Waals surface area (Å²) in [6.45, 7) is 6.52. The lowest BCUT2D eigenvalue weighted by molar-refractivity contribution is -0.140. The molecule has 1 heterocycles. The number of oxime groups is 1. The van der Waals surface area contributed by atoms with E-state index < -0.39 is 0 Å². The van der Waals surface area contributed by atoms with Gasteiger partial charge >= 0.3 is 5.97 Å². The lowest BCUT2D eigenvalue weighted by Crippen LogP contribution is -2.08. The number of carbonyl (C=O) groups excluding carboxylic acids is 1. The van der Waals surface area contributed by atoms with Gasteiger partial charge in [-0.15, -0.1) is 0 Å². The Hall–Kier alpha value is -0.860. The Morgan fingerprint density at radius 3 is 2.58 bits per heavy atom. The standard InChI is InChI=1S/C9H15NO2/c1-9(2,3)5-4-7-6-8(11)12-10-7/h4-6H2,1-3H3. The second-order valence-electron chi connectivity index (χ2n) is 4.36. The summed E-state index contributed by atoms with van der Waals surface area (Å²) in [6, 6.07) is 0. The van der Waals surface area contributed by atoms with Crippen molar-refractivity contribution in [2.45, 2.75) is 40.0 Å². The second-order valence-corrected chi connectivity index (χ2v) is 4.36. The highest BCUT2D eigenvalue weighted by molar-refractivity contribution is 6.01. The van der Waals surface area contributed by atoms with Gasteiger partial charge in [0.1, 0.15) is 0 Å². The van der Waals surface area contributed by atoms with E-state index in [-0.39, 0.29) is 5.97 Å². The molecule has 68 valence electrons. The molecule has 0 aromatic rings. The molecule has 0 unspecified atom stereocenters. The zero-order chi connectivity index (χ0) is 9.19. The van der Waals surface area contributed by atoms with Gasteiger partial charge in [-0.3, -0.25) is 0 Å². The van der Waals surface area contributed by atoms with Gasteiger partial charge in [0, 0.05) is 0 Å². The van der Waals surface area contributed by atoms with Gasteiger partial charge in [0.05, 0.1) is 12.1 Å². The van der Waals surface area contributed by atoms with Crippen molar-refractivity contribution in [1.29, 1.82) is 0 Å². The van der Waals surface area contributed by atoms with Crippen LogP contribution in [0, 0.1) is 5.41 Å². The maximum absolute atomic E-state index is 10.6. The van der Waals surface area contributed by atoms with Gasteiger partial charge in [0.25, 0.3) is 0 Å². The van der Waals surface area contributed by atoms with Crippen molar-refractivity contribution < 1.29 is 9.63 Å². The minimum absolute atomic E-state index is 0.223. The smallest absolute Gasteiger partial charge is 0.318 e. The average Bonchev–Trinajstić information content (AvgIpc) is 2.30. The minimum Gasteiger partial charge on any atom is -0.318 e. The van der Waals surface area contributed by atoms with E-state index >= 15 is 0 Å². The normalized spacial score (nSPS) is 17.6. The van der Waals surface area contributed by atoms with Crippen molar-refractivity contribution in [2.75, 3.05) is 0 Å². The van der Waals surface area contributed by atoms with Crippen LogP contribution in [0.3, 0.4) is 0 Å². The third kappa shape index (κ3) is 3.03. The molecule has 12 heavy (non-hydrogen) atoms. The highest BCUT2D eigenvalue weighted by Crippen LogP contribution is 2.22. The fourth-order valence-electron chi connectivity index (χ4n) is 1.000. The van der Waals surface area contributed by atoms with Gasteiger partial charge in [-0.05, 0) is 18.3 Å². The molecule has 0 fully saturated rings. The molecule has 1 rings (SSSR count). The van der Waals surface area contributed by atoms with E-state index in [0.29, 0.717) is 11.8 Å². The number of carbonyl (C=O) groups is 1. The van der Waals surface area contributed by atoms with Crippen LogP contribution in [0.4, 0.5) is 0 Å². The van der Waals surface area contributed by atoms with Gasteiger partial charge in [0.2, 0.25) is 0 Å². The first-order chi connectivity index (χ1) is 5.47. The molecule has 0 aromatic heterocycles. The summed E-state index contributed by atoms with van der Waals surface area (Å²) in [4.78, 5) is 15.1. The van der Waals surface area contributed by atoms with E-state index in [9.17, 15) is 4.79 Å². The quantitative estimate of drug-likeness (QED) is 0.594. The van der Waals surface area contributed by atoms with Crippen LogP contribution >= 0.6 is 0 Å². The van der Waals surface area contributed by atoms with E-state index in [1.807, 2.05) is 0 Å². The molecule has 1 aliphatic heterocycles. The van der Waals surface area contributed by atoms with Crippen molar-refractivity contribution in [3.05, 3.63) is 0 Å². The third-order valence-corrected chi connectivity index (χ3v) is 1.79. The summed E-state index contributed by atoms with van der Waals surface area (Å²) in [7, 11) is 0. The van der Waals surface area contributed by atoms with E-state index in [0.717, 1.165) is 18.6 Å². The summed E-state index contributed by atoms with van der Waals surface area (Å²) in [5.41, 5.74) is 1.18. The van der Waals surface area contributed by atoms with Gasteiger partial charge in [-0.25, -0.2) is 4.79 Å². The Balaban J connectivity index is 2.30. The molecule has 3 heteroatoms. The molecule has 0 saturated heterocycles. The predicted octanol–water partition coefficient (Wildman–Crippen LogP) is 2.12. The van der Waals surface area contributed by atoms with Crippen LogP contribution in [0.1, 0.15) is 40.0 Å². The van der Waals surface area contributed by atoms with E-state index in [1.165, 1.54) is 0 Å². The first kappa shape index (κ1) is 9.23. The first-order valence-electron chi connectivity index (χ1n) is 4.23. The monoisotopic (exact) mass is 169 g/mol. The van der Waals surface area contributed by atoms with Crippen molar-refractivity contribution in [2.24, 2.45) is 10.6 Å². The summed E-state index contributed by atoms with van der Waals surface area (Å²) >= 11 is 0. The van der Waals surface area contributed by atoms with Crippen molar-refractivity contribution >= 4 is 11.7 Å². The van der Waals surface area contributed by atoms with Crippen LogP contribution < -0.4 is 0 Å². The number of hydrogen-bond acceptors (Lipinski definition) is 3. The van der Waals surface area contributed by atoms with Crippen molar-refractivity contribution in [1.82, 2.24) is 0 Å². The molecule has 0 aromatic carbocycles. The van der Waals surface area contributed by atoms with E-state index in [2.05, 4.69) is 30.8 Å². The van der Waals surface area contributed by atoms with Crippen LogP contribution in [0.15, 0.2) is 5.16 Å². The Kier molecular flexibility index (Phi) is 2.50.